The average molecular weight is 220 g/mol. The lowest BCUT2D eigenvalue weighted by atomic mass is 10.2. The first-order valence-corrected chi connectivity index (χ1v) is 4.62. The minimum atomic E-state index is -1.31. The zero-order valence-corrected chi connectivity index (χ0v) is 9.01. The number of aliphatic hydroxyl groups excluding tert-OH is 1. The van der Waals surface area contributed by atoms with E-state index in [4.69, 9.17) is 10.2 Å². The van der Waals surface area contributed by atoms with Crippen molar-refractivity contribution in [3.63, 3.8) is 0 Å². The molecule has 5 nitrogen and oxygen atoms in total. The van der Waals surface area contributed by atoms with Gasteiger partial charge in [-0.3, -0.25) is 0 Å². The summed E-state index contributed by atoms with van der Waals surface area (Å²) in [5.74, 6) is -1.68. The molecule has 0 radical (unpaired) electrons. The van der Waals surface area contributed by atoms with Crippen LogP contribution in [0.15, 0.2) is 46.0 Å². The Balaban J connectivity index is 2.92. The van der Waals surface area contributed by atoms with Crippen LogP contribution in [0.25, 0.3) is 0 Å². The van der Waals surface area contributed by atoms with Gasteiger partial charge in [0, 0.05) is 0 Å². The van der Waals surface area contributed by atoms with Gasteiger partial charge in [-0.25, -0.2) is 4.79 Å². The van der Waals surface area contributed by atoms with Gasteiger partial charge in [-0.2, -0.15) is 5.11 Å². The van der Waals surface area contributed by atoms with Crippen LogP contribution in [0.2, 0.25) is 0 Å². The smallest absolute Gasteiger partial charge is 0.359 e. The Bertz CT molecular complexity index is 443. The Hall–Kier alpha value is -2.17. The predicted molar refractivity (Wildman–Crippen MR) is 58.7 cm³/mol. The maximum absolute atomic E-state index is 10.6. The maximum atomic E-state index is 10.6. The van der Waals surface area contributed by atoms with Crippen molar-refractivity contribution in [2.24, 2.45) is 10.2 Å². The van der Waals surface area contributed by atoms with Crippen molar-refractivity contribution < 1.29 is 15.0 Å². The van der Waals surface area contributed by atoms with E-state index in [1.165, 1.54) is 6.92 Å². The summed E-state index contributed by atoms with van der Waals surface area (Å²) < 4.78 is 0. The minimum absolute atomic E-state index is 0.372. The fourth-order valence-corrected chi connectivity index (χ4v) is 0.989. The number of hydrogen-bond donors (Lipinski definition) is 2. The van der Waals surface area contributed by atoms with E-state index in [9.17, 15) is 4.79 Å². The molecule has 2 N–H and O–H groups in total. The molecule has 16 heavy (non-hydrogen) atoms. The van der Waals surface area contributed by atoms with Crippen LogP contribution >= 0.6 is 0 Å². The second-order valence-electron chi connectivity index (χ2n) is 3.27. The fraction of sp³-hybridized carbons (Fsp3) is 0.182. The van der Waals surface area contributed by atoms with Gasteiger partial charge in [-0.15, -0.1) is 5.11 Å². The largest absolute Gasteiger partial charge is 0.510 e. The zero-order valence-electron chi connectivity index (χ0n) is 9.01. The first-order valence-electron chi connectivity index (χ1n) is 4.62. The van der Waals surface area contributed by atoms with Gasteiger partial charge >= 0.3 is 5.97 Å². The number of allylic oxidation sites excluding steroid dienone is 1. The van der Waals surface area contributed by atoms with E-state index in [1.54, 1.807) is 12.1 Å². The lowest BCUT2D eigenvalue weighted by molar-refractivity contribution is -0.132. The Kier molecular flexibility index (Phi) is 3.77. The van der Waals surface area contributed by atoms with Crippen molar-refractivity contribution in [3.8, 4) is 0 Å². The van der Waals surface area contributed by atoms with Crippen LogP contribution in [0.4, 0.5) is 5.69 Å². The van der Waals surface area contributed by atoms with Crippen LogP contribution in [0.3, 0.4) is 0 Å². The van der Waals surface area contributed by atoms with Gasteiger partial charge in [0.05, 0.1) is 5.69 Å². The summed E-state index contributed by atoms with van der Waals surface area (Å²) in [6, 6.07) is 7.10. The summed E-state index contributed by atoms with van der Waals surface area (Å²) >= 11 is 0. The van der Waals surface area contributed by atoms with E-state index in [-0.39, 0.29) is 5.76 Å². The number of azo groups is 1. The van der Waals surface area contributed by atoms with Crippen LogP contribution in [0.5, 0.6) is 0 Å². The van der Waals surface area contributed by atoms with Crippen LogP contribution in [0, 0.1) is 6.92 Å². The van der Waals surface area contributed by atoms with Gasteiger partial charge in [0.1, 0.15) is 5.76 Å². The number of carboxylic acids is 1. The molecule has 0 aliphatic carbocycles. The van der Waals surface area contributed by atoms with Crippen LogP contribution in [0.1, 0.15) is 12.5 Å². The zero-order chi connectivity index (χ0) is 12.1. The molecule has 84 valence electrons. The highest BCUT2D eigenvalue weighted by Gasteiger charge is 2.09. The number of rotatable bonds is 3. The van der Waals surface area contributed by atoms with Gasteiger partial charge in [-0.1, -0.05) is 17.7 Å². The van der Waals surface area contributed by atoms with E-state index in [0.717, 1.165) is 5.56 Å². The highest BCUT2D eigenvalue weighted by atomic mass is 16.4. The highest BCUT2D eigenvalue weighted by Crippen LogP contribution is 2.15. The fourth-order valence-electron chi connectivity index (χ4n) is 0.989. The summed E-state index contributed by atoms with van der Waals surface area (Å²) in [5.41, 5.74) is 1.15. The van der Waals surface area contributed by atoms with Gasteiger partial charge < -0.3 is 10.2 Å². The monoisotopic (exact) mass is 220 g/mol. The Morgan fingerprint density at radius 1 is 1.19 bits per heavy atom. The van der Waals surface area contributed by atoms with Crippen molar-refractivity contribution in [1.29, 1.82) is 0 Å². The van der Waals surface area contributed by atoms with E-state index in [1.807, 2.05) is 19.1 Å². The van der Waals surface area contributed by atoms with E-state index in [2.05, 4.69) is 10.2 Å². The van der Waals surface area contributed by atoms with Gasteiger partial charge in [0.15, 0.2) is 0 Å². The Morgan fingerprint density at radius 3 is 2.19 bits per heavy atom. The van der Waals surface area contributed by atoms with Gasteiger partial charge in [-0.05, 0) is 26.0 Å². The summed E-state index contributed by atoms with van der Waals surface area (Å²) in [6.45, 7) is 3.18. The van der Waals surface area contributed by atoms with Crippen molar-refractivity contribution in [2.45, 2.75) is 13.8 Å². The van der Waals surface area contributed by atoms with Crippen molar-refractivity contribution in [1.82, 2.24) is 0 Å². The molecule has 0 unspecified atom stereocenters. The van der Waals surface area contributed by atoms with Crippen LogP contribution in [-0.4, -0.2) is 16.2 Å². The molecule has 0 aliphatic heterocycles. The quantitative estimate of drug-likeness (QED) is 0.466. The lowest BCUT2D eigenvalue weighted by Gasteiger charge is -1.96. The van der Waals surface area contributed by atoms with E-state index < -0.39 is 11.7 Å². The van der Waals surface area contributed by atoms with E-state index >= 15 is 0 Å². The molecule has 1 aromatic rings. The molecule has 5 heteroatoms. The summed E-state index contributed by atoms with van der Waals surface area (Å²) in [5, 5.41) is 24.9. The predicted octanol–water partition coefficient (Wildman–Crippen LogP) is 2.95. The molecule has 0 saturated heterocycles. The molecule has 0 amide bonds. The number of nitrogens with zero attached hydrogens (tertiary/aromatic N) is 2. The molecule has 0 spiro atoms. The standard InChI is InChI=1S/C11H12N2O3/c1-7-3-5-9(6-4-7)12-13-10(8(2)14)11(15)16/h3-6,14H,1-2H3,(H,15,16). The number of aryl methyl sites for hydroxylation is 1. The molecule has 0 heterocycles. The molecule has 0 atom stereocenters. The topological polar surface area (TPSA) is 82.2 Å². The highest BCUT2D eigenvalue weighted by molar-refractivity contribution is 5.86. The van der Waals surface area contributed by atoms with Crippen molar-refractivity contribution in [3.05, 3.63) is 41.3 Å². The number of benzene rings is 1. The Labute approximate surface area is 92.8 Å². The van der Waals surface area contributed by atoms with Gasteiger partial charge in [0.2, 0.25) is 5.70 Å². The molecule has 0 aromatic heterocycles. The van der Waals surface area contributed by atoms with Gasteiger partial charge in [0.25, 0.3) is 0 Å². The Morgan fingerprint density at radius 2 is 1.75 bits per heavy atom. The average Bonchev–Trinajstić information content (AvgIpc) is 2.20. The maximum Gasteiger partial charge on any atom is 0.359 e. The molecule has 0 fully saturated rings. The normalized spacial score (nSPS) is 12.6. The number of carboxylic acid groups (broad SMARTS) is 1. The second kappa shape index (κ2) is 5.06. The molecule has 1 rings (SSSR count). The third-order valence-electron chi connectivity index (χ3n) is 1.84. The number of aliphatic hydroxyl groups is 1. The first-order chi connectivity index (χ1) is 7.50. The molecule has 0 saturated carbocycles. The molecule has 1 aromatic carbocycles. The van der Waals surface area contributed by atoms with E-state index in [0.29, 0.717) is 5.69 Å². The summed E-state index contributed by atoms with van der Waals surface area (Å²) in [4.78, 5) is 10.6. The SMILES string of the molecule is CC(O)=C(N=Nc1ccc(C)cc1)C(=O)O. The molecule has 0 aliphatic rings. The number of hydrogen-bond acceptors (Lipinski definition) is 4. The first kappa shape index (κ1) is 11.9. The van der Waals surface area contributed by atoms with Crippen LogP contribution < -0.4 is 0 Å². The number of carbonyl (C=O) groups is 1. The van der Waals surface area contributed by atoms with Crippen LogP contribution in [-0.2, 0) is 4.79 Å². The lowest BCUT2D eigenvalue weighted by Crippen LogP contribution is -2.00. The molecular formula is C11H12N2O3. The summed E-state index contributed by atoms with van der Waals surface area (Å²) in [7, 11) is 0. The number of aliphatic carboxylic acids is 1. The van der Waals surface area contributed by atoms with Crippen molar-refractivity contribution >= 4 is 11.7 Å². The molecule has 0 bridgehead atoms. The third kappa shape index (κ3) is 3.20. The molecular weight excluding hydrogens is 208 g/mol. The minimum Gasteiger partial charge on any atom is -0.510 e. The third-order valence-corrected chi connectivity index (χ3v) is 1.84. The summed E-state index contributed by atoms with van der Waals surface area (Å²) in [6.07, 6.45) is 0. The second-order valence-corrected chi connectivity index (χ2v) is 3.27. The van der Waals surface area contributed by atoms with Crippen molar-refractivity contribution in [2.75, 3.05) is 0 Å².